The molecule has 90 valence electrons. The zero-order valence-corrected chi connectivity index (χ0v) is 11.5. The monoisotopic (exact) mass is 237 g/mol. The van der Waals surface area contributed by atoms with Crippen LogP contribution in [-0.2, 0) is 6.54 Å². The summed E-state index contributed by atoms with van der Waals surface area (Å²) in [5.74, 6) is 0.929. The minimum absolute atomic E-state index is 0.286. The molecule has 0 heterocycles. The molecule has 0 amide bonds. The minimum Gasteiger partial charge on any atom is -0.299 e. The first-order valence-electron chi connectivity index (χ1n) is 5.94. The predicted molar refractivity (Wildman–Crippen MR) is 75.0 cm³/mol. The second-order valence-electron chi connectivity index (χ2n) is 5.11. The highest BCUT2D eigenvalue weighted by molar-refractivity contribution is 7.80. The molecule has 16 heavy (non-hydrogen) atoms. The maximum atomic E-state index is 4.41. The largest absolute Gasteiger partial charge is 0.299 e. The third-order valence-corrected chi connectivity index (χ3v) is 3.63. The molecule has 0 N–H and O–H groups in total. The van der Waals surface area contributed by atoms with Crippen LogP contribution in [0.1, 0.15) is 26.3 Å². The molecular weight excluding hydrogens is 214 g/mol. The summed E-state index contributed by atoms with van der Waals surface area (Å²) in [4.78, 5) is 2.48. The van der Waals surface area contributed by atoms with Gasteiger partial charge in [0, 0.05) is 13.1 Å². The summed E-state index contributed by atoms with van der Waals surface area (Å²) < 4.78 is 0. The highest BCUT2D eigenvalue weighted by atomic mass is 32.1. The van der Waals surface area contributed by atoms with Crippen LogP contribution >= 0.6 is 12.6 Å². The highest BCUT2D eigenvalue weighted by Crippen LogP contribution is 2.19. The van der Waals surface area contributed by atoms with Crippen LogP contribution in [0.15, 0.2) is 30.3 Å². The normalized spacial score (nSPS) is 12.1. The molecule has 2 heteroatoms. The van der Waals surface area contributed by atoms with Gasteiger partial charge in [-0.15, -0.1) is 0 Å². The molecule has 0 saturated heterocycles. The summed E-state index contributed by atoms with van der Waals surface area (Å²) in [6.07, 6.45) is 0. The van der Waals surface area contributed by atoms with Crippen LogP contribution in [0.4, 0.5) is 0 Å². The van der Waals surface area contributed by atoms with Crippen molar-refractivity contribution in [1.29, 1.82) is 0 Å². The van der Waals surface area contributed by atoms with Gasteiger partial charge < -0.3 is 0 Å². The Hall–Kier alpha value is -0.470. The Kier molecular flexibility index (Phi) is 5.36. The van der Waals surface area contributed by atoms with Gasteiger partial charge in [0.05, 0.1) is 0 Å². The molecule has 0 spiro atoms. The average molecular weight is 237 g/mol. The second-order valence-corrected chi connectivity index (χ2v) is 5.43. The van der Waals surface area contributed by atoms with Gasteiger partial charge >= 0.3 is 0 Å². The molecule has 1 rings (SSSR count). The van der Waals surface area contributed by atoms with E-state index in [1.54, 1.807) is 0 Å². The van der Waals surface area contributed by atoms with E-state index < -0.39 is 0 Å². The average Bonchev–Trinajstić information content (AvgIpc) is 2.29. The van der Waals surface area contributed by atoms with E-state index in [0.29, 0.717) is 0 Å². The van der Waals surface area contributed by atoms with E-state index in [0.717, 1.165) is 25.4 Å². The van der Waals surface area contributed by atoms with Crippen LogP contribution < -0.4 is 0 Å². The molecular formula is C14H23NS. The smallest absolute Gasteiger partial charge is 0.0233 e. The fraction of sp³-hybridized carbons (Fsp3) is 0.571. The number of hydrogen-bond acceptors (Lipinski definition) is 2. The lowest BCUT2D eigenvalue weighted by molar-refractivity contribution is 0.196. The number of rotatable bonds is 6. The van der Waals surface area contributed by atoms with Gasteiger partial charge in [-0.3, -0.25) is 4.90 Å². The van der Waals surface area contributed by atoms with Gasteiger partial charge in [-0.2, -0.15) is 12.6 Å². The van der Waals surface area contributed by atoms with Gasteiger partial charge in [0.25, 0.3) is 0 Å². The number of hydrogen-bond donors (Lipinski definition) is 1. The molecule has 0 aliphatic heterocycles. The molecule has 0 aromatic heterocycles. The van der Waals surface area contributed by atoms with Crippen LogP contribution in [-0.4, -0.2) is 23.7 Å². The zero-order valence-electron chi connectivity index (χ0n) is 10.6. The Labute approximate surface area is 105 Å². The lowest BCUT2D eigenvalue weighted by Gasteiger charge is -2.30. The van der Waals surface area contributed by atoms with Crippen LogP contribution in [0.25, 0.3) is 0 Å². The Balaban J connectivity index is 2.56. The van der Waals surface area contributed by atoms with Crippen molar-refractivity contribution in [3.05, 3.63) is 35.9 Å². The van der Waals surface area contributed by atoms with Gasteiger partial charge in [0.2, 0.25) is 0 Å². The van der Waals surface area contributed by atoms with Crippen molar-refractivity contribution in [2.75, 3.05) is 18.8 Å². The van der Waals surface area contributed by atoms with Crippen molar-refractivity contribution in [2.24, 2.45) is 5.41 Å². The third kappa shape index (κ3) is 4.58. The predicted octanol–water partition coefficient (Wildman–Crippen LogP) is 3.46. The standard InChI is InChI=1S/C14H23NS/c1-4-15(11-14(2,3)12-16)10-13-8-6-5-7-9-13/h5-9,16H,4,10-12H2,1-3H3. The number of thiol groups is 1. The summed E-state index contributed by atoms with van der Waals surface area (Å²) in [6, 6.07) is 10.7. The number of nitrogens with zero attached hydrogens (tertiary/aromatic N) is 1. The van der Waals surface area contributed by atoms with Gasteiger partial charge in [-0.05, 0) is 23.3 Å². The first kappa shape index (κ1) is 13.6. The van der Waals surface area contributed by atoms with Crippen molar-refractivity contribution >= 4 is 12.6 Å². The molecule has 1 nitrogen and oxygen atoms in total. The van der Waals surface area contributed by atoms with E-state index in [9.17, 15) is 0 Å². The van der Waals surface area contributed by atoms with Crippen molar-refractivity contribution < 1.29 is 0 Å². The summed E-state index contributed by atoms with van der Waals surface area (Å²) >= 11 is 4.41. The van der Waals surface area contributed by atoms with Crippen molar-refractivity contribution in [3.8, 4) is 0 Å². The van der Waals surface area contributed by atoms with Gasteiger partial charge in [0.15, 0.2) is 0 Å². The second kappa shape index (κ2) is 6.31. The Morgan fingerprint density at radius 3 is 2.31 bits per heavy atom. The van der Waals surface area contributed by atoms with Crippen LogP contribution in [0.2, 0.25) is 0 Å². The zero-order chi connectivity index (χ0) is 12.0. The minimum atomic E-state index is 0.286. The lowest BCUT2D eigenvalue weighted by Crippen LogP contribution is -2.34. The molecule has 1 aromatic rings. The maximum absolute atomic E-state index is 4.41. The summed E-state index contributed by atoms with van der Waals surface area (Å²) in [7, 11) is 0. The molecule has 0 unspecified atom stereocenters. The molecule has 0 aliphatic carbocycles. The van der Waals surface area contributed by atoms with Crippen LogP contribution in [0.3, 0.4) is 0 Å². The Bertz CT molecular complexity index is 295. The summed E-state index contributed by atoms with van der Waals surface area (Å²) in [6.45, 7) is 9.99. The molecule has 0 radical (unpaired) electrons. The lowest BCUT2D eigenvalue weighted by atomic mass is 9.95. The summed E-state index contributed by atoms with van der Waals surface area (Å²) in [5.41, 5.74) is 1.67. The first-order chi connectivity index (χ1) is 7.57. The molecule has 0 atom stereocenters. The van der Waals surface area contributed by atoms with E-state index in [-0.39, 0.29) is 5.41 Å². The topological polar surface area (TPSA) is 3.24 Å². The molecule has 0 aliphatic rings. The molecule has 0 fully saturated rings. The summed E-state index contributed by atoms with van der Waals surface area (Å²) in [5, 5.41) is 0. The van der Waals surface area contributed by atoms with Gasteiger partial charge in [-0.1, -0.05) is 51.1 Å². The van der Waals surface area contributed by atoms with E-state index >= 15 is 0 Å². The van der Waals surface area contributed by atoms with Crippen molar-refractivity contribution in [3.63, 3.8) is 0 Å². The molecule has 1 aromatic carbocycles. The SMILES string of the molecule is CCN(Cc1ccccc1)CC(C)(C)CS. The molecule has 0 bridgehead atoms. The number of benzene rings is 1. The van der Waals surface area contributed by atoms with E-state index in [4.69, 9.17) is 0 Å². The first-order valence-corrected chi connectivity index (χ1v) is 6.58. The van der Waals surface area contributed by atoms with E-state index in [1.807, 2.05) is 0 Å². The quantitative estimate of drug-likeness (QED) is 0.742. The van der Waals surface area contributed by atoms with Crippen molar-refractivity contribution in [2.45, 2.75) is 27.3 Å². The highest BCUT2D eigenvalue weighted by Gasteiger charge is 2.19. The van der Waals surface area contributed by atoms with E-state index in [1.165, 1.54) is 5.56 Å². The van der Waals surface area contributed by atoms with Crippen LogP contribution in [0, 0.1) is 5.41 Å². The van der Waals surface area contributed by atoms with Crippen molar-refractivity contribution in [1.82, 2.24) is 4.90 Å². The van der Waals surface area contributed by atoms with Crippen LogP contribution in [0.5, 0.6) is 0 Å². The third-order valence-electron chi connectivity index (χ3n) is 2.78. The Morgan fingerprint density at radius 2 is 1.81 bits per heavy atom. The Morgan fingerprint density at radius 1 is 1.19 bits per heavy atom. The molecule has 0 saturated carbocycles. The van der Waals surface area contributed by atoms with E-state index in [2.05, 4.69) is 68.6 Å². The van der Waals surface area contributed by atoms with Gasteiger partial charge in [0.1, 0.15) is 0 Å². The fourth-order valence-corrected chi connectivity index (χ4v) is 1.88. The maximum Gasteiger partial charge on any atom is 0.0233 e. The fourth-order valence-electron chi connectivity index (χ4n) is 1.78. The van der Waals surface area contributed by atoms with Gasteiger partial charge in [-0.25, -0.2) is 0 Å².